The fourth-order valence-electron chi connectivity index (χ4n) is 3.15. The van der Waals surface area contributed by atoms with E-state index >= 15 is 0 Å². The number of rotatable bonds is 5. The molecular weight excluding hydrogens is 363 g/mol. The molecule has 136 valence electrons. The Kier molecular flexibility index (Phi) is 4.82. The van der Waals surface area contributed by atoms with Crippen molar-refractivity contribution in [2.24, 2.45) is 0 Å². The van der Waals surface area contributed by atoms with E-state index in [0.717, 1.165) is 6.07 Å². The molecule has 1 amide bonds. The zero-order valence-corrected chi connectivity index (χ0v) is 14.9. The summed E-state index contributed by atoms with van der Waals surface area (Å²) in [6.45, 7) is 2.09. The van der Waals surface area contributed by atoms with Crippen LogP contribution in [0.1, 0.15) is 24.5 Å². The molecule has 1 aromatic heterocycles. The van der Waals surface area contributed by atoms with Gasteiger partial charge in [-0.25, -0.2) is 9.37 Å². The maximum atomic E-state index is 13.9. The van der Waals surface area contributed by atoms with E-state index in [9.17, 15) is 14.0 Å². The Morgan fingerprint density at radius 2 is 2.15 bits per heavy atom. The third-order valence-electron chi connectivity index (χ3n) is 4.31. The highest BCUT2D eigenvalue weighted by Crippen LogP contribution is 2.49. The Morgan fingerprint density at radius 3 is 2.85 bits per heavy atom. The summed E-state index contributed by atoms with van der Waals surface area (Å²) in [5, 5.41) is 2.47. The lowest BCUT2D eigenvalue weighted by molar-refractivity contribution is -0.143. The van der Waals surface area contributed by atoms with E-state index in [1.54, 1.807) is 19.1 Å². The van der Waals surface area contributed by atoms with Crippen molar-refractivity contribution in [3.8, 4) is 5.88 Å². The van der Waals surface area contributed by atoms with Crippen LogP contribution < -0.4 is 10.1 Å². The number of halogens is 2. The van der Waals surface area contributed by atoms with Gasteiger partial charge >= 0.3 is 5.97 Å². The van der Waals surface area contributed by atoms with Crippen LogP contribution in [-0.4, -0.2) is 30.6 Å². The molecule has 0 spiro atoms. The zero-order chi connectivity index (χ0) is 18.9. The molecule has 0 radical (unpaired) electrons. The topological polar surface area (TPSA) is 77.5 Å². The van der Waals surface area contributed by atoms with Crippen LogP contribution in [0.25, 0.3) is 0 Å². The van der Waals surface area contributed by atoms with Crippen molar-refractivity contribution < 1.29 is 23.5 Å². The quantitative estimate of drug-likeness (QED) is 0.809. The third-order valence-corrected chi connectivity index (χ3v) is 4.59. The van der Waals surface area contributed by atoms with Crippen LogP contribution in [0, 0.1) is 5.82 Å². The van der Waals surface area contributed by atoms with Gasteiger partial charge in [-0.15, -0.1) is 0 Å². The highest BCUT2D eigenvalue weighted by Gasteiger charge is 2.52. The zero-order valence-electron chi connectivity index (χ0n) is 14.1. The van der Waals surface area contributed by atoms with Gasteiger partial charge in [-0.3, -0.25) is 9.59 Å². The first kappa shape index (κ1) is 18.1. The minimum atomic E-state index is -1.49. The van der Waals surface area contributed by atoms with Gasteiger partial charge in [-0.1, -0.05) is 17.7 Å². The molecule has 0 saturated heterocycles. The SMILES string of the molecule is CCOc1ncccc1C1(CC(=O)OC)C(=O)Nc2cc(F)c(Cl)cc21. The maximum absolute atomic E-state index is 13.9. The summed E-state index contributed by atoms with van der Waals surface area (Å²) < 4.78 is 24.2. The van der Waals surface area contributed by atoms with Gasteiger partial charge in [0.05, 0.1) is 25.2 Å². The number of hydrogen-bond donors (Lipinski definition) is 1. The van der Waals surface area contributed by atoms with Crippen LogP contribution in [0.5, 0.6) is 5.88 Å². The highest BCUT2D eigenvalue weighted by atomic mass is 35.5. The molecule has 1 unspecified atom stereocenters. The predicted octanol–water partition coefficient (Wildman–Crippen LogP) is 3.07. The minimum Gasteiger partial charge on any atom is -0.478 e. The summed E-state index contributed by atoms with van der Waals surface area (Å²) in [5.41, 5.74) is -0.495. The van der Waals surface area contributed by atoms with Gasteiger partial charge in [0.25, 0.3) is 0 Å². The number of nitrogens with one attached hydrogen (secondary N) is 1. The second-order valence-electron chi connectivity index (χ2n) is 5.71. The largest absolute Gasteiger partial charge is 0.478 e. The van der Waals surface area contributed by atoms with E-state index in [1.165, 1.54) is 19.4 Å². The lowest BCUT2D eigenvalue weighted by Crippen LogP contribution is -2.39. The summed E-state index contributed by atoms with van der Waals surface area (Å²) in [5.74, 6) is -1.58. The van der Waals surface area contributed by atoms with Crippen molar-refractivity contribution >= 4 is 29.2 Å². The number of nitrogens with zero attached hydrogens (tertiary/aromatic N) is 1. The number of methoxy groups -OCH3 is 1. The number of hydrogen-bond acceptors (Lipinski definition) is 5. The molecular formula is C18H16ClFN2O4. The number of pyridine rings is 1. The number of benzene rings is 1. The molecule has 3 rings (SSSR count). The second-order valence-corrected chi connectivity index (χ2v) is 6.12. The van der Waals surface area contributed by atoms with Crippen LogP contribution in [0.15, 0.2) is 30.5 Å². The number of ether oxygens (including phenoxy) is 2. The number of aromatic nitrogens is 1. The number of amides is 1. The van der Waals surface area contributed by atoms with Crippen molar-refractivity contribution in [2.75, 3.05) is 19.0 Å². The molecule has 2 heterocycles. The number of fused-ring (bicyclic) bond motifs is 1. The van der Waals surface area contributed by atoms with E-state index in [4.69, 9.17) is 21.1 Å². The van der Waals surface area contributed by atoms with Crippen LogP contribution in [0.3, 0.4) is 0 Å². The van der Waals surface area contributed by atoms with Crippen LogP contribution in [-0.2, 0) is 19.7 Å². The number of carbonyl (C=O) groups is 2. The molecule has 1 aromatic carbocycles. The van der Waals surface area contributed by atoms with Crippen LogP contribution in [0.2, 0.25) is 5.02 Å². The molecule has 0 fully saturated rings. The van der Waals surface area contributed by atoms with Gasteiger partial charge < -0.3 is 14.8 Å². The Morgan fingerprint density at radius 1 is 1.38 bits per heavy atom. The van der Waals surface area contributed by atoms with Crippen molar-refractivity contribution in [1.82, 2.24) is 4.98 Å². The Balaban J connectivity index is 2.31. The molecule has 26 heavy (non-hydrogen) atoms. The molecule has 8 heteroatoms. The summed E-state index contributed by atoms with van der Waals surface area (Å²) in [7, 11) is 1.23. The maximum Gasteiger partial charge on any atom is 0.307 e. The van der Waals surface area contributed by atoms with Gasteiger partial charge in [0, 0.05) is 17.4 Å². The smallest absolute Gasteiger partial charge is 0.307 e. The molecule has 1 atom stereocenters. The molecule has 0 aliphatic carbocycles. The summed E-state index contributed by atoms with van der Waals surface area (Å²) in [6, 6.07) is 5.75. The Hall–Kier alpha value is -2.67. The number of anilines is 1. The first-order chi connectivity index (χ1) is 12.4. The average Bonchev–Trinajstić information content (AvgIpc) is 2.88. The van der Waals surface area contributed by atoms with E-state index in [2.05, 4.69) is 10.3 Å². The summed E-state index contributed by atoms with van der Waals surface area (Å²) in [4.78, 5) is 29.3. The van der Waals surface area contributed by atoms with Crippen molar-refractivity contribution in [1.29, 1.82) is 0 Å². The molecule has 1 aliphatic rings. The van der Waals surface area contributed by atoms with Gasteiger partial charge in [0.2, 0.25) is 11.8 Å². The molecule has 1 N–H and O–H groups in total. The van der Waals surface area contributed by atoms with Gasteiger partial charge in [-0.05, 0) is 30.7 Å². The number of carbonyl (C=O) groups excluding carboxylic acids is 2. The van der Waals surface area contributed by atoms with E-state index in [-0.39, 0.29) is 23.0 Å². The molecule has 0 bridgehead atoms. The van der Waals surface area contributed by atoms with Crippen LogP contribution >= 0.6 is 11.6 Å². The van der Waals surface area contributed by atoms with Crippen molar-refractivity contribution in [3.63, 3.8) is 0 Å². The minimum absolute atomic E-state index is 0.156. The summed E-state index contributed by atoms with van der Waals surface area (Å²) in [6.07, 6.45) is 1.21. The first-order valence-electron chi connectivity index (χ1n) is 7.90. The van der Waals surface area contributed by atoms with E-state index in [1.807, 2.05) is 0 Å². The molecule has 1 aliphatic heterocycles. The van der Waals surface area contributed by atoms with Gasteiger partial charge in [0.15, 0.2) is 0 Å². The average molecular weight is 379 g/mol. The molecule has 0 saturated carbocycles. The standard InChI is InChI=1S/C18H16ClFN2O4/c1-3-26-16-10(5-4-6-21-16)18(9-15(23)25-2)11-7-12(19)13(20)8-14(11)22-17(18)24/h4-8H,3,9H2,1-2H3,(H,22,24). The highest BCUT2D eigenvalue weighted by molar-refractivity contribution is 6.31. The summed E-state index contributed by atoms with van der Waals surface area (Å²) >= 11 is 5.95. The number of esters is 1. The monoisotopic (exact) mass is 378 g/mol. The van der Waals surface area contributed by atoms with Gasteiger partial charge in [-0.2, -0.15) is 0 Å². The normalized spacial score (nSPS) is 18.2. The molecule has 6 nitrogen and oxygen atoms in total. The Bertz CT molecular complexity index is 889. The lowest BCUT2D eigenvalue weighted by atomic mass is 9.73. The van der Waals surface area contributed by atoms with Crippen LogP contribution in [0.4, 0.5) is 10.1 Å². The van der Waals surface area contributed by atoms with E-state index < -0.39 is 23.1 Å². The van der Waals surface area contributed by atoms with E-state index in [0.29, 0.717) is 17.7 Å². The fourth-order valence-corrected chi connectivity index (χ4v) is 3.31. The van der Waals surface area contributed by atoms with Gasteiger partial charge in [0.1, 0.15) is 11.2 Å². The second kappa shape index (κ2) is 6.92. The fraction of sp³-hybridized carbons (Fsp3) is 0.278. The molecule has 2 aromatic rings. The first-order valence-corrected chi connectivity index (χ1v) is 8.28. The third kappa shape index (κ3) is 2.78. The van der Waals surface area contributed by atoms with Crippen molar-refractivity contribution in [2.45, 2.75) is 18.8 Å². The van der Waals surface area contributed by atoms with Crippen molar-refractivity contribution in [3.05, 3.63) is 52.4 Å². The lowest BCUT2D eigenvalue weighted by Gasteiger charge is -2.28. The predicted molar refractivity (Wildman–Crippen MR) is 92.9 cm³/mol. The Labute approximate surface area is 154 Å².